The van der Waals surface area contributed by atoms with Crippen molar-refractivity contribution in [3.63, 3.8) is 0 Å². The van der Waals surface area contributed by atoms with E-state index < -0.39 is 5.82 Å². The Morgan fingerprint density at radius 2 is 1.71 bits per heavy atom. The van der Waals surface area contributed by atoms with E-state index in [1.54, 1.807) is 30.1 Å². The van der Waals surface area contributed by atoms with Crippen molar-refractivity contribution in [2.75, 3.05) is 12.4 Å². The van der Waals surface area contributed by atoms with Gasteiger partial charge >= 0.3 is 0 Å². The fraction of sp³-hybridized carbons (Fsp3) is 0.0741. The molecule has 0 aliphatic carbocycles. The first kappa shape index (κ1) is 21.8. The first-order valence-electron chi connectivity index (χ1n) is 10.7. The zero-order chi connectivity index (χ0) is 23.5. The minimum absolute atomic E-state index is 0.180. The summed E-state index contributed by atoms with van der Waals surface area (Å²) < 4.78 is 27.1. The van der Waals surface area contributed by atoms with Crippen LogP contribution in [0.4, 0.5) is 15.8 Å². The van der Waals surface area contributed by atoms with E-state index in [-0.39, 0.29) is 12.4 Å². The Bertz CT molecular complexity index is 1450. The maximum atomic E-state index is 14.4. The Hall–Kier alpha value is -4.03. The maximum absolute atomic E-state index is 14.4. The molecule has 1 heterocycles. The van der Waals surface area contributed by atoms with Gasteiger partial charge in [-0.15, -0.1) is 0 Å². The molecule has 0 atom stereocenters. The van der Waals surface area contributed by atoms with Crippen molar-refractivity contribution in [3.05, 3.63) is 108 Å². The number of aromatic nitrogens is 2. The number of hydrogen-bond acceptors (Lipinski definition) is 4. The van der Waals surface area contributed by atoms with Gasteiger partial charge < -0.3 is 14.8 Å². The molecule has 170 valence electrons. The summed E-state index contributed by atoms with van der Waals surface area (Å²) in [5, 5.41) is 9.31. The third-order valence-corrected chi connectivity index (χ3v) is 5.70. The number of methoxy groups -OCH3 is 1. The number of fused-ring (bicyclic) bond motifs is 1. The largest absolute Gasteiger partial charge is 0.495 e. The Morgan fingerprint density at radius 3 is 2.50 bits per heavy atom. The van der Waals surface area contributed by atoms with Crippen LogP contribution in [0.3, 0.4) is 0 Å². The smallest absolute Gasteiger partial charge is 0.165 e. The Labute approximate surface area is 201 Å². The number of rotatable bonds is 7. The topological polar surface area (TPSA) is 48.3 Å². The molecule has 5 nitrogen and oxygen atoms in total. The van der Waals surface area contributed by atoms with E-state index in [0.717, 1.165) is 27.8 Å². The highest BCUT2D eigenvalue weighted by atomic mass is 35.5. The zero-order valence-electron chi connectivity index (χ0n) is 18.3. The summed E-state index contributed by atoms with van der Waals surface area (Å²) in [6.07, 6.45) is 1.77. The van der Waals surface area contributed by atoms with Crippen LogP contribution in [-0.2, 0) is 6.61 Å². The number of halogens is 2. The lowest BCUT2D eigenvalue weighted by molar-refractivity contribution is 0.290. The van der Waals surface area contributed by atoms with Gasteiger partial charge in [-0.1, -0.05) is 41.9 Å². The fourth-order valence-corrected chi connectivity index (χ4v) is 3.95. The molecular formula is C27H21ClFN3O2. The van der Waals surface area contributed by atoms with Crippen molar-refractivity contribution in [1.29, 1.82) is 0 Å². The average Bonchev–Trinajstić information content (AvgIpc) is 3.28. The third kappa shape index (κ3) is 4.54. The van der Waals surface area contributed by atoms with Gasteiger partial charge in [0.25, 0.3) is 0 Å². The summed E-state index contributed by atoms with van der Waals surface area (Å²) in [7, 11) is 1.58. The van der Waals surface area contributed by atoms with Crippen LogP contribution in [-0.4, -0.2) is 16.9 Å². The maximum Gasteiger partial charge on any atom is 0.165 e. The van der Waals surface area contributed by atoms with Crippen LogP contribution < -0.4 is 14.8 Å². The lowest BCUT2D eigenvalue weighted by Gasteiger charge is -2.11. The monoisotopic (exact) mass is 473 g/mol. The number of ether oxygens (including phenoxy) is 2. The van der Waals surface area contributed by atoms with Gasteiger partial charge in [0.2, 0.25) is 0 Å². The number of nitrogens with one attached hydrogen (secondary N) is 1. The molecule has 0 unspecified atom stereocenters. The van der Waals surface area contributed by atoms with E-state index in [2.05, 4.69) is 10.4 Å². The molecule has 1 aromatic heterocycles. The molecule has 1 N–H and O–H groups in total. The SMILES string of the molecule is COc1ccc(Nc2ccc3c(cnn3-c3ccc(F)c(OCc4ccccc4)c3)c2)cc1Cl. The molecule has 0 radical (unpaired) electrons. The Morgan fingerprint density at radius 1 is 0.912 bits per heavy atom. The summed E-state index contributed by atoms with van der Waals surface area (Å²) >= 11 is 6.23. The van der Waals surface area contributed by atoms with Gasteiger partial charge in [0, 0.05) is 22.8 Å². The molecule has 0 saturated carbocycles. The first-order chi connectivity index (χ1) is 16.6. The first-order valence-corrected chi connectivity index (χ1v) is 11.0. The molecule has 0 aliphatic rings. The van der Waals surface area contributed by atoms with Gasteiger partial charge in [-0.25, -0.2) is 9.07 Å². The number of benzene rings is 4. The van der Waals surface area contributed by atoms with E-state index in [9.17, 15) is 4.39 Å². The van der Waals surface area contributed by atoms with Crippen LogP contribution >= 0.6 is 11.6 Å². The van der Waals surface area contributed by atoms with Crippen molar-refractivity contribution < 1.29 is 13.9 Å². The van der Waals surface area contributed by atoms with E-state index in [0.29, 0.717) is 16.5 Å². The Kier molecular flexibility index (Phi) is 6.06. The summed E-state index contributed by atoms with van der Waals surface area (Å²) in [4.78, 5) is 0. The lowest BCUT2D eigenvalue weighted by Crippen LogP contribution is -2.01. The molecular weight excluding hydrogens is 453 g/mol. The quantitative estimate of drug-likeness (QED) is 0.272. The summed E-state index contributed by atoms with van der Waals surface area (Å²) in [6.45, 7) is 0.283. The predicted octanol–water partition coefficient (Wildman–Crippen LogP) is 7.15. The molecule has 5 rings (SSSR count). The summed E-state index contributed by atoms with van der Waals surface area (Å²) in [5.41, 5.74) is 4.30. The summed E-state index contributed by atoms with van der Waals surface area (Å²) in [5.74, 6) is 0.385. The Balaban J connectivity index is 1.38. The predicted molar refractivity (Wildman–Crippen MR) is 133 cm³/mol. The van der Waals surface area contributed by atoms with Crippen molar-refractivity contribution in [1.82, 2.24) is 9.78 Å². The molecule has 4 aromatic carbocycles. The fourth-order valence-electron chi connectivity index (χ4n) is 3.70. The van der Waals surface area contributed by atoms with Crippen LogP contribution in [0.15, 0.2) is 91.1 Å². The highest BCUT2D eigenvalue weighted by Crippen LogP contribution is 2.30. The van der Waals surface area contributed by atoms with Gasteiger partial charge in [0.05, 0.1) is 29.5 Å². The van der Waals surface area contributed by atoms with Gasteiger partial charge in [-0.2, -0.15) is 5.10 Å². The van der Waals surface area contributed by atoms with E-state index in [1.165, 1.54) is 6.07 Å². The van der Waals surface area contributed by atoms with Crippen molar-refractivity contribution >= 4 is 33.9 Å². The van der Waals surface area contributed by atoms with Crippen LogP contribution in [0.25, 0.3) is 16.6 Å². The average molecular weight is 474 g/mol. The van der Waals surface area contributed by atoms with E-state index in [4.69, 9.17) is 21.1 Å². The van der Waals surface area contributed by atoms with Crippen LogP contribution in [0, 0.1) is 5.82 Å². The molecule has 5 aromatic rings. The summed E-state index contributed by atoms with van der Waals surface area (Å²) in [6, 6.07) is 25.8. The molecule has 0 spiro atoms. The highest BCUT2D eigenvalue weighted by molar-refractivity contribution is 6.32. The van der Waals surface area contributed by atoms with Crippen LogP contribution in [0.1, 0.15) is 5.56 Å². The molecule has 34 heavy (non-hydrogen) atoms. The minimum atomic E-state index is -0.416. The van der Waals surface area contributed by atoms with Crippen molar-refractivity contribution in [2.24, 2.45) is 0 Å². The van der Waals surface area contributed by atoms with Crippen molar-refractivity contribution in [3.8, 4) is 17.2 Å². The van der Waals surface area contributed by atoms with E-state index in [1.807, 2.05) is 66.7 Å². The van der Waals surface area contributed by atoms with Gasteiger partial charge in [-0.3, -0.25) is 0 Å². The van der Waals surface area contributed by atoms with Gasteiger partial charge in [0.1, 0.15) is 12.4 Å². The standard InChI is InChI=1S/C27H21ClFN3O2/c1-33-26-12-8-21(14-23(26)28)31-20-7-11-25-19(13-20)16-30-32(25)22-9-10-24(29)27(15-22)34-17-18-5-3-2-4-6-18/h2-16,31H,17H2,1H3. The number of nitrogens with zero attached hydrogens (tertiary/aromatic N) is 2. The normalized spacial score (nSPS) is 10.9. The molecule has 0 aliphatic heterocycles. The van der Waals surface area contributed by atoms with Crippen LogP contribution in [0.2, 0.25) is 5.02 Å². The third-order valence-electron chi connectivity index (χ3n) is 5.40. The number of anilines is 2. The lowest BCUT2D eigenvalue weighted by atomic mass is 10.2. The van der Waals surface area contributed by atoms with Crippen LogP contribution in [0.5, 0.6) is 11.5 Å². The van der Waals surface area contributed by atoms with Crippen molar-refractivity contribution in [2.45, 2.75) is 6.61 Å². The van der Waals surface area contributed by atoms with Gasteiger partial charge in [0.15, 0.2) is 11.6 Å². The second-order valence-electron chi connectivity index (χ2n) is 7.69. The molecule has 0 bridgehead atoms. The number of hydrogen-bond donors (Lipinski definition) is 1. The highest BCUT2D eigenvalue weighted by Gasteiger charge is 2.11. The molecule has 7 heteroatoms. The molecule has 0 fully saturated rings. The second-order valence-corrected chi connectivity index (χ2v) is 8.10. The van der Waals surface area contributed by atoms with Gasteiger partial charge in [-0.05, 0) is 54.1 Å². The minimum Gasteiger partial charge on any atom is -0.495 e. The van der Waals surface area contributed by atoms with E-state index >= 15 is 0 Å². The zero-order valence-corrected chi connectivity index (χ0v) is 19.1. The molecule has 0 amide bonds. The second kappa shape index (κ2) is 9.45. The molecule has 0 saturated heterocycles.